The summed E-state index contributed by atoms with van der Waals surface area (Å²) in [5.41, 5.74) is 0. The first-order valence-corrected chi connectivity index (χ1v) is 8.02. The van der Waals surface area contributed by atoms with Crippen LogP contribution in [0.3, 0.4) is 0 Å². The predicted molar refractivity (Wildman–Crippen MR) is 87.3 cm³/mol. The van der Waals surface area contributed by atoms with Gasteiger partial charge in [0, 0.05) is 6.61 Å². The summed E-state index contributed by atoms with van der Waals surface area (Å²) in [4.78, 5) is 0. The number of hydrogen-bond acceptors (Lipinski definition) is 3. The van der Waals surface area contributed by atoms with Gasteiger partial charge in [-0.2, -0.15) is 0 Å². The Hall–Kier alpha value is -0.900. The molecule has 0 bridgehead atoms. The topological polar surface area (TPSA) is 27.7 Å². The van der Waals surface area contributed by atoms with Crippen LogP contribution in [0.15, 0.2) is 36.5 Å². The minimum absolute atomic E-state index is 0.0772. The zero-order valence-corrected chi connectivity index (χ0v) is 13.7. The molecule has 0 radical (unpaired) electrons. The summed E-state index contributed by atoms with van der Waals surface area (Å²) < 4.78 is 16.8. The third-order valence-electron chi connectivity index (χ3n) is 3.09. The Balaban J connectivity index is 1.93. The lowest BCUT2D eigenvalue weighted by molar-refractivity contribution is -0.145. The van der Waals surface area contributed by atoms with Gasteiger partial charge in [-0.15, -0.1) is 0 Å². The van der Waals surface area contributed by atoms with Crippen LogP contribution in [-0.4, -0.2) is 31.7 Å². The van der Waals surface area contributed by atoms with Crippen molar-refractivity contribution >= 4 is 0 Å². The minimum Gasteiger partial charge on any atom is -0.379 e. The first kappa shape index (κ1) is 18.1. The highest BCUT2D eigenvalue weighted by Gasteiger charge is 2.32. The van der Waals surface area contributed by atoms with Crippen LogP contribution >= 0.6 is 0 Å². The average molecular weight is 294 g/mol. The van der Waals surface area contributed by atoms with Crippen LogP contribution in [0.2, 0.25) is 0 Å². The van der Waals surface area contributed by atoms with Gasteiger partial charge in [-0.3, -0.25) is 0 Å². The van der Waals surface area contributed by atoms with Gasteiger partial charge in [-0.1, -0.05) is 49.8 Å². The van der Waals surface area contributed by atoms with Crippen LogP contribution in [0.5, 0.6) is 0 Å². The van der Waals surface area contributed by atoms with Gasteiger partial charge in [0.05, 0.1) is 13.2 Å². The molecule has 0 aliphatic carbocycles. The molecule has 0 saturated carbocycles. The first-order valence-electron chi connectivity index (χ1n) is 8.02. The van der Waals surface area contributed by atoms with E-state index >= 15 is 0 Å². The molecule has 1 aliphatic heterocycles. The van der Waals surface area contributed by atoms with Gasteiger partial charge < -0.3 is 14.2 Å². The lowest BCUT2D eigenvalue weighted by atomic mass is 10.3. The van der Waals surface area contributed by atoms with Gasteiger partial charge in [0.2, 0.25) is 0 Å². The third kappa shape index (κ3) is 9.62. The van der Waals surface area contributed by atoms with Crippen molar-refractivity contribution in [2.45, 2.75) is 58.3 Å². The molecule has 21 heavy (non-hydrogen) atoms. The summed E-state index contributed by atoms with van der Waals surface area (Å²) in [6, 6.07) is 0. The van der Waals surface area contributed by atoms with Crippen molar-refractivity contribution in [3.8, 4) is 0 Å². The monoisotopic (exact) mass is 294 g/mol. The standard InChI is InChI=1S/C18H30O3/c1-4-5-6-7-8-9-10-11-12-13-14-19-15-17-16-20-18(2,3)21-17/h6-11,17H,4-5,12-16H2,1-3H3/b7-6+,9-8+,11-10+. The largest absolute Gasteiger partial charge is 0.379 e. The van der Waals surface area contributed by atoms with Crippen molar-refractivity contribution in [3.63, 3.8) is 0 Å². The summed E-state index contributed by atoms with van der Waals surface area (Å²) in [6.07, 6.45) is 17.2. The Morgan fingerprint density at radius 1 is 1.10 bits per heavy atom. The van der Waals surface area contributed by atoms with Crippen LogP contribution in [0, 0.1) is 0 Å². The van der Waals surface area contributed by atoms with E-state index in [1.54, 1.807) is 0 Å². The molecule has 1 aliphatic rings. The maximum absolute atomic E-state index is 5.67. The molecule has 3 nitrogen and oxygen atoms in total. The van der Waals surface area contributed by atoms with Crippen molar-refractivity contribution in [3.05, 3.63) is 36.5 Å². The molecule has 0 aromatic carbocycles. The SMILES string of the molecule is CCC/C=C/C=C/C=C/CCCOCC1COC(C)(C)O1. The Kier molecular flexibility index (Phi) is 9.31. The summed E-state index contributed by atoms with van der Waals surface area (Å²) >= 11 is 0. The van der Waals surface area contributed by atoms with Gasteiger partial charge in [0.25, 0.3) is 0 Å². The van der Waals surface area contributed by atoms with Crippen LogP contribution in [0.1, 0.15) is 46.5 Å². The molecule has 3 heteroatoms. The average Bonchev–Trinajstić information content (AvgIpc) is 2.79. The molecule has 0 spiro atoms. The molecule has 0 aromatic heterocycles. The maximum Gasteiger partial charge on any atom is 0.163 e. The Morgan fingerprint density at radius 3 is 2.43 bits per heavy atom. The Bertz CT molecular complexity index is 342. The van der Waals surface area contributed by atoms with Crippen molar-refractivity contribution in [1.82, 2.24) is 0 Å². The first-order chi connectivity index (χ1) is 10.1. The quantitative estimate of drug-likeness (QED) is 0.441. The van der Waals surface area contributed by atoms with E-state index < -0.39 is 5.79 Å². The molecule has 1 fully saturated rings. The number of hydrogen-bond donors (Lipinski definition) is 0. The van der Waals surface area contributed by atoms with E-state index in [9.17, 15) is 0 Å². The normalized spacial score (nSPS) is 22.1. The number of rotatable bonds is 10. The van der Waals surface area contributed by atoms with Crippen molar-refractivity contribution in [2.75, 3.05) is 19.8 Å². The Labute approximate surface area is 129 Å². The van der Waals surface area contributed by atoms with Crippen molar-refractivity contribution in [1.29, 1.82) is 0 Å². The van der Waals surface area contributed by atoms with Crippen molar-refractivity contribution < 1.29 is 14.2 Å². The predicted octanol–water partition coefficient (Wildman–Crippen LogP) is 4.40. The highest BCUT2D eigenvalue weighted by Crippen LogP contribution is 2.22. The lowest BCUT2D eigenvalue weighted by Gasteiger charge is -2.16. The van der Waals surface area contributed by atoms with E-state index in [0.29, 0.717) is 13.2 Å². The zero-order valence-electron chi connectivity index (χ0n) is 13.7. The second kappa shape index (κ2) is 10.8. The molecule has 0 N–H and O–H groups in total. The van der Waals surface area contributed by atoms with E-state index in [1.165, 1.54) is 6.42 Å². The molecule has 1 heterocycles. The van der Waals surface area contributed by atoms with Crippen LogP contribution < -0.4 is 0 Å². The minimum atomic E-state index is -0.450. The van der Waals surface area contributed by atoms with E-state index in [4.69, 9.17) is 14.2 Å². The molecular formula is C18H30O3. The number of ether oxygens (including phenoxy) is 3. The van der Waals surface area contributed by atoms with Crippen LogP contribution in [0.25, 0.3) is 0 Å². The van der Waals surface area contributed by atoms with Gasteiger partial charge >= 0.3 is 0 Å². The van der Waals surface area contributed by atoms with Gasteiger partial charge in [-0.25, -0.2) is 0 Å². The molecule has 0 aromatic rings. The van der Waals surface area contributed by atoms with E-state index in [-0.39, 0.29) is 6.10 Å². The van der Waals surface area contributed by atoms with E-state index in [2.05, 4.69) is 43.4 Å². The summed E-state index contributed by atoms with van der Waals surface area (Å²) in [5.74, 6) is -0.450. The van der Waals surface area contributed by atoms with Crippen molar-refractivity contribution in [2.24, 2.45) is 0 Å². The smallest absolute Gasteiger partial charge is 0.163 e. The molecule has 1 rings (SSSR count). The lowest BCUT2D eigenvalue weighted by Crippen LogP contribution is -2.24. The second-order valence-corrected chi connectivity index (χ2v) is 5.70. The fourth-order valence-corrected chi connectivity index (χ4v) is 2.01. The highest BCUT2D eigenvalue weighted by atomic mass is 16.7. The summed E-state index contributed by atoms with van der Waals surface area (Å²) in [5, 5.41) is 0. The second-order valence-electron chi connectivity index (χ2n) is 5.70. The summed E-state index contributed by atoms with van der Waals surface area (Å²) in [6.45, 7) is 8.07. The molecule has 1 unspecified atom stereocenters. The zero-order chi connectivity index (χ0) is 15.4. The van der Waals surface area contributed by atoms with Crippen LogP contribution in [-0.2, 0) is 14.2 Å². The molecular weight excluding hydrogens is 264 g/mol. The molecule has 0 amide bonds. The van der Waals surface area contributed by atoms with Gasteiger partial charge in [-0.05, 0) is 33.1 Å². The van der Waals surface area contributed by atoms with Gasteiger partial charge in [0.15, 0.2) is 5.79 Å². The third-order valence-corrected chi connectivity index (χ3v) is 3.09. The van der Waals surface area contributed by atoms with E-state index in [1.807, 2.05) is 13.8 Å². The number of allylic oxidation sites excluding steroid dienone is 6. The van der Waals surface area contributed by atoms with Gasteiger partial charge in [0.1, 0.15) is 6.10 Å². The maximum atomic E-state index is 5.67. The fourth-order valence-electron chi connectivity index (χ4n) is 2.01. The van der Waals surface area contributed by atoms with Crippen LogP contribution in [0.4, 0.5) is 0 Å². The fraction of sp³-hybridized carbons (Fsp3) is 0.667. The molecule has 1 atom stereocenters. The molecule has 1 saturated heterocycles. The highest BCUT2D eigenvalue weighted by molar-refractivity contribution is 5.10. The van der Waals surface area contributed by atoms with E-state index in [0.717, 1.165) is 25.9 Å². The Morgan fingerprint density at radius 2 is 1.81 bits per heavy atom. The summed E-state index contributed by atoms with van der Waals surface area (Å²) in [7, 11) is 0. The molecule has 120 valence electrons. The number of unbranched alkanes of at least 4 members (excludes halogenated alkanes) is 2.